The SMILES string of the molecule is O=C(NCCOc1ccccc1Cl)C1CCCN(Cc2nc(-c3ccc(Br)cc3)no2)C1. The van der Waals surface area contributed by atoms with Gasteiger partial charge in [0.25, 0.3) is 0 Å². The Hall–Kier alpha value is -2.42. The zero-order valence-electron chi connectivity index (χ0n) is 17.5. The third-order valence-corrected chi connectivity index (χ3v) is 6.14. The number of benzene rings is 2. The average molecular weight is 520 g/mol. The molecule has 1 amide bonds. The van der Waals surface area contributed by atoms with E-state index in [1.807, 2.05) is 42.5 Å². The molecule has 4 rings (SSSR count). The van der Waals surface area contributed by atoms with E-state index < -0.39 is 0 Å². The zero-order valence-corrected chi connectivity index (χ0v) is 19.8. The van der Waals surface area contributed by atoms with E-state index in [1.165, 1.54) is 0 Å². The Morgan fingerprint density at radius 2 is 2.06 bits per heavy atom. The number of carbonyl (C=O) groups is 1. The van der Waals surface area contributed by atoms with Crippen molar-refractivity contribution in [3.8, 4) is 17.1 Å². The van der Waals surface area contributed by atoms with E-state index in [0.717, 1.165) is 29.4 Å². The van der Waals surface area contributed by atoms with Crippen molar-refractivity contribution in [2.24, 2.45) is 5.92 Å². The van der Waals surface area contributed by atoms with Gasteiger partial charge in [-0.3, -0.25) is 9.69 Å². The van der Waals surface area contributed by atoms with Gasteiger partial charge in [0.2, 0.25) is 17.6 Å². The standard InChI is InChI=1S/C23H24BrClN4O3/c24-18-9-7-16(8-10-18)22-27-21(32-28-22)15-29-12-3-4-17(14-29)23(30)26-11-13-31-20-6-2-1-5-19(20)25/h1-2,5-10,17H,3-4,11-15H2,(H,26,30). The summed E-state index contributed by atoms with van der Waals surface area (Å²) >= 11 is 9.50. The molecule has 3 aromatic rings. The highest BCUT2D eigenvalue weighted by Crippen LogP contribution is 2.23. The van der Waals surface area contributed by atoms with Crippen molar-refractivity contribution in [1.82, 2.24) is 20.4 Å². The number of nitrogens with one attached hydrogen (secondary N) is 1. The van der Waals surface area contributed by atoms with Crippen LogP contribution in [0.25, 0.3) is 11.4 Å². The van der Waals surface area contributed by atoms with Crippen molar-refractivity contribution >= 4 is 33.4 Å². The van der Waals surface area contributed by atoms with Gasteiger partial charge in [0, 0.05) is 16.6 Å². The predicted molar refractivity (Wildman–Crippen MR) is 125 cm³/mol. The van der Waals surface area contributed by atoms with Crippen molar-refractivity contribution in [2.75, 3.05) is 26.2 Å². The zero-order chi connectivity index (χ0) is 22.3. The second-order valence-corrected chi connectivity index (χ2v) is 8.99. The first kappa shape index (κ1) is 22.8. The molecule has 2 aromatic carbocycles. The van der Waals surface area contributed by atoms with Gasteiger partial charge in [-0.15, -0.1) is 0 Å². The minimum absolute atomic E-state index is 0.0403. The van der Waals surface area contributed by atoms with Gasteiger partial charge in [0.15, 0.2) is 0 Å². The molecule has 0 bridgehead atoms. The molecule has 1 atom stereocenters. The summed E-state index contributed by atoms with van der Waals surface area (Å²) in [6, 6.07) is 15.1. The Bertz CT molecular complexity index is 1040. The van der Waals surface area contributed by atoms with Crippen molar-refractivity contribution in [1.29, 1.82) is 0 Å². The first-order chi connectivity index (χ1) is 15.6. The summed E-state index contributed by atoms with van der Waals surface area (Å²) in [5.74, 6) is 1.71. The van der Waals surface area contributed by atoms with E-state index in [0.29, 0.717) is 48.7 Å². The molecule has 1 N–H and O–H groups in total. The summed E-state index contributed by atoms with van der Waals surface area (Å²) < 4.78 is 12.1. The summed E-state index contributed by atoms with van der Waals surface area (Å²) in [5.41, 5.74) is 0.901. The van der Waals surface area contributed by atoms with Crippen LogP contribution in [0.5, 0.6) is 5.75 Å². The number of para-hydroxylation sites is 1. The molecular formula is C23H24BrClN4O3. The smallest absolute Gasteiger partial charge is 0.241 e. The van der Waals surface area contributed by atoms with Gasteiger partial charge in [0.05, 0.1) is 24.0 Å². The minimum Gasteiger partial charge on any atom is -0.490 e. The summed E-state index contributed by atoms with van der Waals surface area (Å²) in [4.78, 5) is 19.3. The second kappa shape index (κ2) is 10.9. The molecule has 0 radical (unpaired) electrons. The quantitative estimate of drug-likeness (QED) is 0.440. The molecule has 1 saturated heterocycles. The lowest BCUT2D eigenvalue weighted by atomic mass is 9.97. The van der Waals surface area contributed by atoms with Gasteiger partial charge < -0.3 is 14.6 Å². The van der Waals surface area contributed by atoms with E-state index in [9.17, 15) is 4.79 Å². The normalized spacial score (nSPS) is 16.6. The number of piperidine rings is 1. The highest BCUT2D eigenvalue weighted by Gasteiger charge is 2.26. The molecule has 1 aliphatic heterocycles. The van der Waals surface area contributed by atoms with Crippen LogP contribution in [0, 0.1) is 5.92 Å². The molecule has 168 valence electrons. The second-order valence-electron chi connectivity index (χ2n) is 7.66. The minimum atomic E-state index is -0.0714. The van der Waals surface area contributed by atoms with Gasteiger partial charge in [-0.05, 0) is 55.8 Å². The fraction of sp³-hybridized carbons (Fsp3) is 0.348. The first-order valence-corrected chi connectivity index (χ1v) is 11.7. The first-order valence-electron chi connectivity index (χ1n) is 10.5. The fourth-order valence-corrected chi connectivity index (χ4v) is 4.14. The number of halogens is 2. The molecule has 1 aromatic heterocycles. The predicted octanol–water partition coefficient (Wildman–Crippen LogP) is 4.56. The van der Waals surface area contributed by atoms with E-state index in [4.69, 9.17) is 20.9 Å². The Balaban J connectivity index is 1.24. The molecule has 9 heteroatoms. The van der Waals surface area contributed by atoms with Crippen molar-refractivity contribution in [2.45, 2.75) is 19.4 Å². The lowest BCUT2D eigenvalue weighted by molar-refractivity contribution is -0.126. The van der Waals surface area contributed by atoms with Gasteiger partial charge in [-0.25, -0.2) is 0 Å². The van der Waals surface area contributed by atoms with E-state index >= 15 is 0 Å². The van der Waals surface area contributed by atoms with Crippen LogP contribution >= 0.6 is 27.5 Å². The van der Waals surface area contributed by atoms with Gasteiger partial charge in [0.1, 0.15) is 12.4 Å². The van der Waals surface area contributed by atoms with Gasteiger partial charge >= 0.3 is 0 Å². The van der Waals surface area contributed by atoms with E-state index in [-0.39, 0.29) is 11.8 Å². The Kier molecular flexibility index (Phi) is 7.78. The van der Waals surface area contributed by atoms with Crippen LogP contribution in [0.2, 0.25) is 5.02 Å². The summed E-state index contributed by atoms with van der Waals surface area (Å²) in [6.07, 6.45) is 1.81. The van der Waals surface area contributed by atoms with Crippen LogP contribution in [-0.4, -0.2) is 47.2 Å². The topological polar surface area (TPSA) is 80.5 Å². The third kappa shape index (κ3) is 6.09. The maximum atomic E-state index is 12.6. The molecule has 0 aliphatic carbocycles. The monoisotopic (exact) mass is 518 g/mol. The number of aromatic nitrogens is 2. The third-order valence-electron chi connectivity index (χ3n) is 5.30. The van der Waals surface area contributed by atoms with Crippen molar-refractivity contribution in [3.63, 3.8) is 0 Å². The number of likely N-dealkylation sites (tertiary alicyclic amines) is 1. The van der Waals surface area contributed by atoms with Crippen LogP contribution in [0.1, 0.15) is 18.7 Å². The van der Waals surface area contributed by atoms with E-state index in [2.05, 4.69) is 36.3 Å². The number of nitrogens with zero attached hydrogens (tertiary/aromatic N) is 3. The van der Waals surface area contributed by atoms with Crippen molar-refractivity contribution < 1.29 is 14.1 Å². The molecule has 32 heavy (non-hydrogen) atoms. The molecule has 1 unspecified atom stereocenters. The molecule has 0 spiro atoms. The largest absolute Gasteiger partial charge is 0.490 e. The maximum absolute atomic E-state index is 12.6. The number of carbonyl (C=O) groups excluding carboxylic acids is 1. The van der Waals surface area contributed by atoms with Crippen LogP contribution in [0.15, 0.2) is 57.5 Å². The van der Waals surface area contributed by atoms with Gasteiger partial charge in [-0.1, -0.05) is 44.8 Å². The van der Waals surface area contributed by atoms with Crippen LogP contribution < -0.4 is 10.1 Å². The summed E-state index contributed by atoms with van der Waals surface area (Å²) in [6.45, 7) is 2.89. The summed E-state index contributed by atoms with van der Waals surface area (Å²) in [7, 11) is 0. The molecule has 1 fully saturated rings. The maximum Gasteiger partial charge on any atom is 0.241 e. The number of amides is 1. The number of hydrogen-bond acceptors (Lipinski definition) is 6. The molecule has 0 saturated carbocycles. The molecule has 1 aliphatic rings. The van der Waals surface area contributed by atoms with Crippen molar-refractivity contribution in [3.05, 3.63) is 63.9 Å². The Morgan fingerprint density at radius 1 is 1.25 bits per heavy atom. The summed E-state index contributed by atoms with van der Waals surface area (Å²) in [5, 5.41) is 7.62. The number of hydrogen-bond donors (Lipinski definition) is 1. The van der Waals surface area contributed by atoms with Crippen LogP contribution in [0.3, 0.4) is 0 Å². The van der Waals surface area contributed by atoms with Gasteiger partial charge in [-0.2, -0.15) is 4.98 Å². The highest BCUT2D eigenvalue weighted by molar-refractivity contribution is 9.10. The number of ether oxygens (including phenoxy) is 1. The highest BCUT2D eigenvalue weighted by atomic mass is 79.9. The average Bonchev–Trinajstić information content (AvgIpc) is 3.26. The lowest BCUT2D eigenvalue weighted by Crippen LogP contribution is -2.43. The molecule has 7 nitrogen and oxygen atoms in total. The van der Waals surface area contributed by atoms with Crippen LogP contribution in [0.4, 0.5) is 0 Å². The number of rotatable bonds is 8. The molecule has 2 heterocycles. The van der Waals surface area contributed by atoms with Crippen LogP contribution in [-0.2, 0) is 11.3 Å². The van der Waals surface area contributed by atoms with E-state index in [1.54, 1.807) is 6.07 Å². The Labute approximate surface area is 200 Å². The Morgan fingerprint density at radius 3 is 2.88 bits per heavy atom. The molecular weight excluding hydrogens is 496 g/mol. The lowest BCUT2D eigenvalue weighted by Gasteiger charge is -2.30. The fourth-order valence-electron chi connectivity index (χ4n) is 3.68.